The zero-order valence-electron chi connectivity index (χ0n) is 23.2. The first-order valence-corrected chi connectivity index (χ1v) is 14.9. The summed E-state index contributed by atoms with van der Waals surface area (Å²) in [7, 11) is 1.18. The maximum Gasteiger partial charge on any atom is 0.267 e. The lowest BCUT2D eigenvalue weighted by molar-refractivity contribution is 0.313. The lowest BCUT2D eigenvalue weighted by Crippen LogP contribution is -2.44. The summed E-state index contributed by atoms with van der Waals surface area (Å²) in [5, 5.41) is 4.40. The van der Waals surface area contributed by atoms with Crippen LogP contribution in [-0.2, 0) is 23.5 Å². The van der Waals surface area contributed by atoms with Gasteiger partial charge >= 0.3 is 0 Å². The largest absolute Gasteiger partial charge is 0.481 e. The first kappa shape index (κ1) is 28.6. The SMILES string of the molecule is CCc1c(Oc2cccc(N3CCN(C)CC3)c2Cl)nc(NS(=O)(=O)c2cnn(C)c2)nc1-c1cccnc1OC. The maximum atomic E-state index is 13.2. The van der Waals surface area contributed by atoms with Crippen LogP contribution in [0.2, 0.25) is 5.02 Å². The predicted molar refractivity (Wildman–Crippen MR) is 156 cm³/mol. The molecule has 1 N–H and O–H groups in total. The number of aromatic nitrogens is 5. The smallest absolute Gasteiger partial charge is 0.267 e. The summed E-state index contributed by atoms with van der Waals surface area (Å²) >= 11 is 6.88. The van der Waals surface area contributed by atoms with Crippen LogP contribution in [-0.4, -0.2) is 78.4 Å². The molecule has 1 saturated heterocycles. The van der Waals surface area contributed by atoms with Crippen LogP contribution >= 0.6 is 11.6 Å². The summed E-state index contributed by atoms with van der Waals surface area (Å²) < 4.78 is 42.0. The Bertz CT molecular complexity index is 1660. The lowest BCUT2D eigenvalue weighted by atomic mass is 10.1. The van der Waals surface area contributed by atoms with E-state index < -0.39 is 10.0 Å². The van der Waals surface area contributed by atoms with Crippen molar-refractivity contribution in [2.75, 3.05) is 50.0 Å². The summed E-state index contributed by atoms with van der Waals surface area (Å²) in [6.45, 7) is 5.44. The standard InChI is InChI=1S/C27H31ClN8O4S/c1-5-19-24(20-8-7-11-29-25(20)39-4)31-27(33-41(37,38)18-16-30-35(3)17-18)32-26(19)40-22-10-6-9-21(23(22)28)36-14-12-34(2)13-15-36/h6-11,16-17H,5,12-15H2,1-4H3,(H,31,32,33). The Balaban J connectivity index is 1.60. The normalized spacial score (nSPS) is 14.2. The fourth-order valence-electron chi connectivity index (χ4n) is 4.56. The van der Waals surface area contributed by atoms with Gasteiger partial charge in [-0.3, -0.25) is 4.68 Å². The number of hydrogen-bond acceptors (Lipinski definition) is 10. The Morgan fingerprint density at radius 3 is 2.51 bits per heavy atom. The molecule has 1 aliphatic rings. The number of aryl methyl sites for hydroxylation is 1. The third-order valence-electron chi connectivity index (χ3n) is 6.75. The third kappa shape index (κ3) is 6.06. The highest BCUT2D eigenvalue weighted by atomic mass is 35.5. The Hall–Kier alpha value is -3.94. The van der Waals surface area contributed by atoms with Crippen molar-refractivity contribution in [3.8, 4) is 28.8 Å². The summed E-state index contributed by atoms with van der Waals surface area (Å²) in [6, 6.07) is 9.12. The van der Waals surface area contributed by atoms with Gasteiger partial charge in [0.1, 0.15) is 15.7 Å². The second-order valence-corrected chi connectivity index (χ2v) is 11.6. The molecule has 12 nitrogen and oxygen atoms in total. The van der Waals surface area contributed by atoms with Crippen molar-refractivity contribution in [1.82, 2.24) is 29.6 Å². The molecule has 4 heterocycles. The van der Waals surface area contributed by atoms with Crippen molar-refractivity contribution in [2.45, 2.75) is 18.2 Å². The molecule has 216 valence electrons. The highest BCUT2D eigenvalue weighted by Crippen LogP contribution is 2.40. The molecule has 3 aromatic heterocycles. The van der Waals surface area contributed by atoms with Crippen molar-refractivity contribution >= 4 is 33.3 Å². The predicted octanol–water partition coefficient (Wildman–Crippen LogP) is 3.84. The molecule has 0 unspecified atom stereocenters. The van der Waals surface area contributed by atoms with Gasteiger partial charge in [-0.25, -0.2) is 23.1 Å². The topological polar surface area (TPSA) is 128 Å². The average Bonchev–Trinajstić information content (AvgIpc) is 3.41. The molecule has 0 aliphatic carbocycles. The first-order chi connectivity index (χ1) is 19.7. The van der Waals surface area contributed by atoms with Gasteiger partial charge in [-0.05, 0) is 37.7 Å². The highest BCUT2D eigenvalue weighted by Gasteiger charge is 2.25. The summed E-state index contributed by atoms with van der Waals surface area (Å²) in [5.41, 5.74) is 2.45. The van der Waals surface area contributed by atoms with Crippen LogP contribution in [0, 0.1) is 0 Å². The molecular weight excluding hydrogens is 568 g/mol. The van der Waals surface area contributed by atoms with Gasteiger partial charge in [-0.15, -0.1) is 0 Å². The molecule has 0 bridgehead atoms. The molecular formula is C27H31ClN8O4S. The molecule has 0 saturated carbocycles. The van der Waals surface area contributed by atoms with Gasteiger partial charge in [-0.1, -0.05) is 24.6 Å². The summed E-state index contributed by atoms with van der Waals surface area (Å²) in [5.74, 6) is 0.683. The molecule has 1 aromatic carbocycles. The monoisotopic (exact) mass is 598 g/mol. The molecule has 0 atom stereocenters. The summed E-state index contributed by atoms with van der Waals surface area (Å²) in [6.07, 6.45) is 4.69. The van der Waals surface area contributed by atoms with Crippen LogP contribution in [0.1, 0.15) is 12.5 Å². The van der Waals surface area contributed by atoms with Crippen LogP contribution in [0.3, 0.4) is 0 Å². The van der Waals surface area contributed by atoms with E-state index in [1.165, 1.54) is 24.2 Å². The van der Waals surface area contributed by atoms with Crippen LogP contribution in [0.5, 0.6) is 17.5 Å². The minimum atomic E-state index is -4.05. The second kappa shape index (κ2) is 11.9. The molecule has 0 radical (unpaired) electrons. The number of likely N-dealkylation sites (N-methyl/N-ethyl adjacent to an activating group) is 1. The second-order valence-electron chi connectivity index (χ2n) is 9.53. The number of halogens is 1. The number of sulfonamides is 1. The minimum Gasteiger partial charge on any atom is -0.481 e. The maximum absolute atomic E-state index is 13.2. The number of pyridine rings is 1. The molecule has 14 heteroatoms. The zero-order valence-corrected chi connectivity index (χ0v) is 24.8. The fourth-order valence-corrected chi connectivity index (χ4v) is 5.77. The van der Waals surface area contributed by atoms with Crippen molar-refractivity contribution in [3.63, 3.8) is 0 Å². The van der Waals surface area contributed by atoms with Gasteiger partial charge < -0.3 is 19.3 Å². The van der Waals surface area contributed by atoms with Crippen LogP contribution in [0.15, 0.2) is 53.8 Å². The van der Waals surface area contributed by atoms with Gasteiger partial charge in [0.15, 0.2) is 0 Å². The van der Waals surface area contributed by atoms with E-state index in [0.717, 1.165) is 31.9 Å². The zero-order chi connectivity index (χ0) is 29.1. The Kier molecular flexibility index (Phi) is 8.29. The van der Waals surface area contributed by atoms with E-state index in [9.17, 15) is 8.42 Å². The molecule has 0 amide bonds. The number of ether oxygens (including phenoxy) is 2. The number of rotatable bonds is 9. The molecule has 0 spiro atoms. The van der Waals surface area contributed by atoms with Crippen LogP contribution in [0.4, 0.5) is 11.6 Å². The molecule has 41 heavy (non-hydrogen) atoms. The molecule has 4 aromatic rings. The number of hydrogen-bond donors (Lipinski definition) is 1. The first-order valence-electron chi connectivity index (χ1n) is 13.0. The minimum absolute atomic E-state index is 0.0333. The number of nitrogens with zero attached hydrogens (tertiary/aromatic N) is 7. The van der Waals surface area contributed by atoms with Crippen LogP contribution in [0.25, 0.3) is 11.3 Å². The summed E-state index contributed by atoms with van der Waals surface area (Å²) in [4.78, 5) is 17.8. The Labute approximate surface area is 244 Å². The lowest BCUT2D eigenvalue weighted by Gasteiger charge is -2.34. The number of methoxy groups -OCH3 is 1. The van der Waals surface area contributed by atoms with E-state index in [-0.39, 0.29) is 16.7 Å². The van der Waals surface area contributed by atoms with Crippen molar-refractivity contribution in [2.24, 2.45) is 7.05 Å². The van der Waals surface area contributed by atoms with Crippen LogP contribution < -0.4 is 19.1 Å². The molecule has 1 aliphatic heterocycles. The Morgan fingerprint density at radius 1 is 1.05 bits per heavy atom. The van der Waals surface area contributed by atoms with Crippen molar-refractivity contribution in [3.05, 3.63) is 59.5 Å². The fraction of sp³-hybridized carbons (Fsp3) is 0.333. The number of benzene rings is 1. The highest BCUT2D eigenvalue weighted by molar-refractivity contribution is 7.92. The van der Waals surface area contributed by atoms with E-state index in [2.05, 4.69) is 41.6 Å². The van der Waals surface area contributed by atoms with Crippen molar-refractivity contribution in [1.29, 1.82) is 0 Å². The van der Waals surface area contributed by atoms with Crippen molar-refractivity contribution < 1.29 is 17.9 Å². The van der Waals surface area contributed by atoms with E-state index in [0.29, 0.717) is 39.9 Å². The van der Waals surface area contributed by atoms with Gasteiger partial charge in [0, 0.05) is 51.2 Å². The Morgan fingerprint density at radius 2 is 1.83 bits per heavy atom. The van der Waals surface area contributed by atoms with Gasteiger partial charge in [0.05, 0.1) is 30.3 Å². The van der Waals surface area contributed by atoms with Gasteiger partial charge in [-0.2, -0.15) is 10.1 Å². The quantitative estimate of drug-likeness (QED) is 0.303. The van der Waals surface area contributed by atoms with E-state index in [1.54, 1.807) is 31.4 Å². The van der Waals surface area contributed by atoms with Gasteiger partial charge in [0.2, 0.25) is 17.7 Å². The van der Waals surface area contributed by atoms with E-state index in [4.69, 9.17) is 21.1 Å². The van der Waals surface area contributed by atoms with E-state index >= 15 is 0 Å². The third-order valence-corrected chi connectivity index (χ3v) is 8.42. The van der Waals surface area contributed by atoms with Gasteiger partial charge in [0.25, 0.3) is 10.0 Å². The average molecular weight is 599 g/mol. The molecule has 5 rings (SSSR count). The number of nitrogens with one attached hydrogen (secondary N) is 1. The molecule has 1 fully saturated rings. The number of anilines is 2. The van der Waals surface area contributed by atoms with E-state index in [1.807, 2.05) is 19.1 Å². The number of piperazine rings is 1.